The van der Waals surface area contributed by atoms with Gasteiger partial charge in [-0.1, -0.05) is 30.0 Å². The topological polar surface area (TPSA) is 82.0 Å². The molecule has 0 radical (unpaired) electrons. The van der Waals surface area contributed by atoms with E-state index in [-0.39, 0.29) is 5.56 Å². The third-order valence-corrected chi connectivity index (χ3v) is 4.90. The predicted molar refractivity (Wildman–Crippen MR) is 109 cm³/mol. The molecule has 8 heteroatoms. The normalized spacial score (nSPS) is 10.9. The average molecular weight is 394 g/mol. The molecule has 0 bridgehead atoms. The van der Waals surface area contributed by atoms with Crippen molar-refractivity contribution in [2.45, 2.75) is 5.16 Å². The van der Waals surface area contributed by atoms with Crippen LogP contribution in [0.5, 0.6) is 11.5 Å². The van der Waals surface area contributed by atoms with Gasteiger partial charge in [0.1, 0.15) is 16.9 Å². The first kappa shape index (κ1) is 18.1. The fraction of sp³-hybridized carbons (Fsp3) is 0.150. The molecule has 28 heavy (non-hydrogen) atoms. The van der Waals surface area contributed by atoms with Gasteiger partial charge in [0.15, 0.2) is 10.8 Å². The van der Waals surface area contributed by atoms with Gasteiger partial charge in [-0.05, 0) is 36.4 Å². The molecule has 0 aliphatic heterocycles. The number of thioether (sulfide) groups is 1. The third-order valence-electron chi connectivity index (χ3n) is 4.07. The first-order valence-corrected chi connectivity index (χ1v) is 9.66. The van der Waals surface area contributed by atoms with E-state index in [0.29, 0.717) is 28.5 Å². The van der Waals surface area contributed by atoms with Crippen molar-refractivity contribution < 1.29 is 9.47 Å². The predicted octanol–water partition coefficient (Wildman–Crippen LogP) is 3.29. The second-order valence-corrected chi connectivity index (χ2v) is 6.96. The van der Waals surface area contributed by atoms with Gasteiger partial charge in [0.2, 0.25) is 0 Å². The van der Waals surface area contributed by atoms with Crippen molar-refractivity contribution in [2.75, 3.05) is 19.5 Å². The molecule has 0 spiro atoms. The molecule has 142 valence electrons. The lowest BCUT2D eigenvalue weighted by molar-refractivity contribution is 0.342. The summed E-state index contributed by atoms with van der Waals surface area (Å²) in [5.41, 5.74) is 1.19. The van der Waals surface area contributed by atoms with Crippen molar-refractivity contribution in [3.8, 4) is 17.2 Å². The van der Waals surface area contributed by atoms with E-state index in [2.05, 4.69) is 15.1 Å². The highest BCUT2D eigenvalue weighted by atomic mass is 32.2. The van der Waals surface area contributed by atoms with Gasteiger partial charge in [0.05, 0.1) is 25.6 Å². The number of ether oxygens (including phenoxy) is 2. The van der Waals surface area contributed by atoms with E-state index in [1.807, 2.05) is 54.6 Å². The SMILES string of the molecule is COc1ccc(OCCSc2nc3c(cnn3-c3ccccc3)c(=O)[nH]2)cc1. The van der Waals surface area contributed by atoms with Gasteiger partial charge in [0, 0.05) is 5.75 Å². The lowest BCUT2D eigenvalue weighted by atomic mass is 10.3. The highest BCUT2D eigenvalue weighted by molar-refractivity contribution is 7.99. The Bertz CT molecular complexity index is 1120. The number of nitrogens with zero attached hydrogens (tertiary/aromatic N) is 3. The lowest BCUT2D eigenvalue weighted by Crippen LogP contribution is -2.10. The van der Waals surface area contributed by atoms with Gasteiger partial charge in [-0.25, -0.2) is 9.67 Å². The third kappa shape index (κ3) is 3.86. The van der Waals surface area contributed by atoms with Crippen LogP contribution in [0, 0.1) is 0 Å². The van der Waals surface area contributed by atoms with Crippen molar-refractivity contribution >= 4 is 22.8 Å². The number of fused-ring (bicyclic) bond motifs is 1. The maximum Gasteiger partial charge on any atom is 0.262 e. The fourth-order valence-corrected chi connectivity index (χ4v) is 3.37. The maximum absolute atomic E-state index is 12.4. The summed E-state index contributed by atoms with van der Waals surface area (Å²) in [6, 6.07) is 17.0. The van der Waals surface area contributed by atoms with E-state index in [9.17, 15) is 4.79 Å². The fourth-order valence-electron chi connectivity index (χ4n) is 2.69. The molecule has 4 aromatic rings. The van der Waals surface area contributed by atoms with E-state index in [0.717, 1.165) is 17.2 Å². The summed E-state index contributed by atoms with van der Waals surface area (Å²) < 4.78 is 12.5. The highest BCUT2D eigenvalue weighted by Gasteiger charge is 2.11. The van der Waals surface area contributed by atoms with Crippen molar-refractivity contribution in [3.63, 3.8) is 0 Å². The number of H-pyrrole nitrogens is 1. The van der Waals surface area contributed by atoms with Crippen LogP contribution in [-0.4, -0.2) is 39.2 Å². The summed E-state index contributed by atoms with van der Waals surface area (Å²) >= 11 is 1.43. The molecule has 2 aromatic heterocycles. The van der Waals surface area contributed by atoms with Gasteiger partial charge < -0.3 is 14.5 Å². The Morgan fingerprint density at radius 3 is 2.57 bits per heavy atom. The number of aromatic amines is 1. The number of para-hydroxylation sites is 1. The number of rotatable bonds is 7. The van der Waals surface area contributed by atoms with Crippen LogP contribution in [0.3, 0.4) is 0 Å². The van der Waals surface area contributed by atoms with E-state index >= 15 is 0 Å². The second kappa shape index (κ2) is 8.18. The van der Waals surface area contributed by atoms with E-state index < -0.39 is 0 Å². The number of nitrogens with one attached hydrogen (secondary N) is 1. The lowest BCUT2D eigenvalue weighted by Gasteiger charge is -2.07. The maximum atomic E-state index is 12.4. The van der Waals surface area contributed by atoms with E-state index in [1.165, 1.54) is 18.0 Å². The van der Waals surface area contributed by atoms with Crippen LogP contribution in [-0.2, 0) is 0 Å². The molecule has 0 aliphatic carbocycles. The highest BCUT2D eigenvalue weighted by Crippen LogP contribution is 2.19. The molecule has 1 N–H and O–H groups in total. The smallest absolute Gasteiger partial charge is 0.262 e. The Morgan fingerprint density at radius 1 is 1.07 bits per heavy atom. The Morgan fingerprint density at radius 2 is 1.82 bits per heavy atom. The molecule has 0 unspecified atom stereocenters. The van der Waals surface area contributed by atoms with Crippen molar-refractivity contribution in [1.29, 1.82) is 0 Å². The summed E-state index contributed by atoms with van der Waals surface area (Å²) in [7, 11) is 1.63. The monoisotopic (exact) mass is 394 g/mol. The van der Waals surface area contributed by atoms with Crippen LogP contribution in [0.25, 0.3) is 16.7 Å². The first-order chi connectivity index (χ1) is 13.7. The molecule has 7 nitrogen and oxygen atoms in total. The molecular weight excluding hydrogens is 376 g/mol. The van der Waals surface area contributed by atoms with Crippen molar-refractivity contribution in [3.05, 3.63) is 71.1 Å². The summed E-state index contributed by atoms with van der Waals surface area (Å²) in [6.07, 6.45) is 1.54. The molecule has 0 aliphatic rings. The molecule has 0 saturated carbocycles. The Labute approximate surface area is 165 Å². The summed E-state index contributed by atoms with van der Waals surface area (Å²) in [4.78, 5) is 19.7. The number of hydrogen-bond donors (Lipinski definition) is 1. The number of methoxy groups -OCH3 is 1. The second-order valence-electron chi connectivity index (χ2n) is 5.87. The van der Waals surface area contributed by atoms with Crippen molar-refractivity contribution in [2.24, 2.45) is 0 Å². The number of aromatic nitrogens is 4. The minimum absolute atomic E-state index is 0.203. The summed E-state index contributed by atoms with van der Waals surface area (Å²) in [5, 5.41) is 5.30. The number of hydrogen-bond acceptors (Lipinski definition) is 6. The molecule has 0 amide bonds. The molecule has 2 heterocycles. The zero-order valence-corrected chi connectivity index (χ0v) is 16.0. The van der Waals surface area contributed by atoms with E-state index in [4.69, 9.17) is 9.47 Å². The van der Waals surface area contributed by atoms with E-state index in [1.54, 1.807) is 11.8 Å². The van der Waals surface area contributed by atoms with Gasteiger partial charge in [0.25, 0.3) is 5.56 Å². The van der Waals surface area contributed by atoms with Crippen molar-refractivity contribution in [1.82, 2.24) is 19.7 Å². The zero-order chi connectivity index (χ0) is 19.3. The molecule has 2 aromatic carbocycles. The number of benzene rings is 2. The van der Waals surface area contributed by atoms with Gasteiger partial charge in [-0.15, -0.1) is 0 Å². The molecule has 0 atom stereocenters. The molecule has 0 fully saturated rings. The molecular formula is C20H18N4O3S. The van der Waals surface area contributed by atoms with Gasteiger partial charge in [-0.2, -0.15) is 5.10 Å². The molecule has 0 saturated heterocycles. The quantitative estimate of drug-likeness (QED) is 0.294. The zero-order valence-electron chi connectivity index (χ0n) is 15.2. The van der Waals surface area contributed by atoms with Crippen LogP contribution in [0.15, 0.2) is 70.7 Å². The van der Waals surface area contributed by atoms with Crippen LogP contribution >= 0.6 is 11.8 Å². The van der Waals surface area contributed by atoms with Gasteiger partial charge in [-0.3, -0.25) is 4.79 Å². The Kier molecular flexibility index (Phi) is 5.29. The van der Waals surface area contributed by atoms with Crippen LogP contribution in [0.1, 0.15) is 0 Å². The minimum atomic E-state index is -0.203. The van der Waals surface area contributed by atoms with Crippen LogP contribution in [0.4, 0.5) is 0 Å². The molecule has 4 rings (SSSR count). The standard InChI is InChI=1S/C20H18N4O3S/c1-26-15-7-9-16(10-8-15)27-11-12-28-20-22-18-17(19(25)23-20)13-21-24(18)14-5-3-2-4-6-14/h2-10,13H,11-12H2,1H3,(H,22,23,25). The van der Waals surface area contributed by atoms with Crippen LogP contribution in [0.2, 0.25) is 0 Å². The first-order valence-electron chi connectivity index (χ1n) is 8.68. The Hall–Kier alpha value is -3.26. The largest absolute Gasteiger partial charge is 0.497 e. The summed E-state index contributed by atoms with van der Waals surface area (Å²) in [6.45, 7) is 0.483. The van der Waals surface area contributed by atoms with Gasteiger partial charge >= 0.3 is 0 Å². The summed E-state index contributed by atoms with van der Waals surface area (Å²) in [5.74, 6) is 2.19. The average Bonchev–Trinajstić information content (AvgIpc) is 3.17. The Balaban J connectivity index is 1.46. The minimum Gasteiger partial charge on any atom is -0.497 e. The van der Waals surface area contributed by atoms with Crippen LogP contribution < -0.4 is 15.0 Å².